The summed E-state index contributed by atoms with van der Waals surface area (Å²) in [5.74, 6) is 0.398. The van der Waals surface area contributed by atoms with Crippen LogP contribution in [0.15, 0.2) is 18.2 Å². The van der Waals surface area contributed by atoms with Gasteiger partial charge in [-0.05, 0) is 30.5 Å². The Hall–Kier alpha value is -0.800. The molecule has 1 heterocycles. The van der Waals surface area contributed by atoms with Crippen LogP contribution in [0.3, 0.4) is 0 Å². The van der Waals surface area contributed by atoms with Gasteiger partial charge in [0.1, 0.15) is 5.82 Å². The van der Waals surface area contributed by atoms with Crippen molar-refractivity contribution < 1.29 is 4.39 Å². The van der Waals surface area contributed by atoms with E-state index < -0.39 is 0 Å². The van der Waals surface area contributed by atoms with Gasteiger partial charge in [0.25, 0.3) is 0 Å². The van der Waals surface area contributed by atoms with E-state index in [1.807, 2.05) is 6.07 Å². The molecule has 1 aromatic carbocycles. The Kier molecular flexibility index (Phi) is 4.46. The lowest BCUT2D eigenvalue weighted by molar-refractivity contribution is 0.388. The normalized spacial score (nSPS) is 20.5. The van der Waals surface area contributed by atoms with E-state index in [4.69, 9.17) is 11.6 Å². The molecule has 100 valence electrons. The number of piperazine rings is 1. The third kappa shape index (κ3) is 3.59. The van der Waals surface area contributed by atoms with E-state index in [0.29, 0.717) is 17.0 Å². The molecule has 1 N–H and O–H groups in total. The highest BCUT2D eigenvalue weighted by atomic mass is 35.5. The van der Waals surface area contributed by atoms with Crippen LogP contribution in [0.4, 0.5) is 10.1 Å². The molecule has 1 aromatic rings. The second kappa shape index (κ2) is 5.89. The Labute approximate surface area is 113 Å². The average Bonchev–Trinajstić information content (AvgIpc) is 2.27. The van der Waals surface area contributed by atoms with Gasteiger partial charge in [-0.3, -0.25) is 0 Å². The van der Waals surface area contributed by atoms with Gasteiger partial charge in [0.05, 0.1) is 0 Å². The van der Waals surface area contributed by atoms with Gasteiger partial charge in [0.2, 0.25) is 0 Å². The van der Waals surface area contributed by atoms with Crippen LogP contribution in [0.25, 0.3) is 0 Å². The Morgan fingerprint density at radius 2 is 2.22 bits per heavy atom. The molecule has 0 saturated carbocycles. The molecule has 2 nitrogen and oxygen atoms in total. The summed E-state index contributed by atoms with van der Waals surface area (Å²) in [7, 11) is 0. The second-order valence-electron chi connectivity index (χ2n) is 5.35. The molecule has 1 saturated heterocycles. The van der Waals surface area contributed by atoms with Crippen LogP contribution < -0.4 is 10.2 Å². The molecular weight excluding hydrogens is 251 g/mol. The molecule has 0 radical (unpaired) electrons. The number of anilines is 1. The Morgan fingerprint density at radius 1 is 1.44 bits per heavy atom. The quantitative estimate of drug-likeness (QED) is 0.907. The number of rotatable bonds is 3. The van der Waals surface area contributed by atoms with Crippen molar-refractivity contribution in [2.45, 2.75) is 26.3 Å². The number of hydrogen-bond donors (Lipinski definition) is 1. The minimum atomic E-state index is -0.267. The minimum Gasteiger partial charge on any atom is -0.369 e. The van der Waals surface area contributed by atoms with E-state index in [9.17, 15) is 4.39 Å². The number of nitrogens with zero attached hydrogens (tertiary/aromatic N) is 1. The molecule has 0 aromatic heterocycles. The molecule has 0 aliphatic carbocycles. The molecule has 18 heavy (non-hydrogen) atoms. The zero-order valence-electron chi connectivity index (χ0n) is 10.9. The first kappa shape index (κ1) is 13.6. The molecular formula is C14H20ClFN2. The number of nitrogens with one attached hydrogen (secondary N) is 1. The lowest BCUT2D eigenvalue weighted by Crippen LogP contribution is -2.51. The maximum atomic E-state index is 13.4. The van der Waals surface area contributed by atoms with E-state index >= 15 is 0 Å². The minimum absolute atomic E-state index is 0.267. The van der Waals surface area contributed by atoms with Gasteiger partial charge in [-0.1, -0.05) is 25.4 Å². The monoisotopic (exact) mass is 270 g/mol. The largest absolute Gasteiger partial charge is 0.369 e. The van der Waals surface area contributed by atoms with Crippen molar-refractivity contribution in [2.24, 2.45) is 5.92 Å². The molecule has 1 atom stereocenters. The first-order chi connectivity index (χ1) is 8.54. The molecule has 0 bridgehead atoms. The van der Waals surface area contributed by atoms with Crippen molar-refractivity contribution in [3.63, 3.8) is 0 Å². The van der Waals surface area contributed by atoms with E-state index in [-0.39, 0.29) is 5.82 Å². The average molecular weight is 271 g/mol. The molecule has 1 fully saturated rings. The summed E-state index contributed by atoms with van der Waals surface area (Å²) in [6, 6.07) is 5.21. The maximum Gasteiger partial charge on any atom is 0.126 e. The molecule has 0 spiro atoms. The van der Waals surface area contributed by atoms with Crippen molar-refractivity contribution in [1.82, 2.24) is 5.32 Å². The SMILES string of the molecule is CC(C)CC1CN(c2cc(F)cc(Cl)c2)CCN1. The van der Waals surface area contributed by atoms with Gasteiger partial charge in [0.15, 0.2) is 0 Å². The lowest BCUT2D eigenvalue weighted by Gasteiger charge is -2.36. The summed E-state index contributed by atoms with van der Waals surface area (Å²) in [6.07, 6.45) is 1.14. The van der Waals surface area contributed by atoms with Crippen molar-refractivity contribution >= 4 is 17.3 Å². The Balaban J connectivity index is 2.08. The summed E-state index contributed by atoms with van der Waals surface area (Å²) >= 11 is 5.91. The van der Waals surface area contributed by atoms with Gasteiger partial charge in [-0.15, -0.1) is 0 Å². The van der Waals surface area contributed by atoms with E-state index in [2.05, 4.69) is 24.1 Å². The number of halogens is 2. The third-order valence-electron chi connectivity index (χ3n) is 3.22. The van der Waals surface area contributed by atoms with Crippen molar-refractivity contribution in [3.05, 3.63) is 29.0 Å². The summed E-state index contributed by atoms with van der Waals surface area (Å²) in [6.45, 7) is 7.19. The van der Waals surface area contributed by atoms with Crippen LogP contribution >= 0.6 is 11.6 Å². The summed E-state index contributed by atoms with van der Waals surface area (Å²) in [5, 5.41) is 3.97. The lowest BCUT2D eigenvalue weighted by atomic mass is 10.0. The fourth-order valence-corrected chi connectivity index (χ4v) is 2.72. The zero-order chi connectivity index (χ0) is 13.1. The first-order valence-corrected chi connectivity index (χ1v) is 6.87. The topological polar surface area (TPSA) is 15.3 Å². The maximum absolute atomic E-state index is 13.4. The number of benzene rings is 1. The van der Waals surface area contributed by atoms with Crippen molar-refractivity contribution in [1.29, 1.82) is 0 Å². The molecule has 2 rings (SSSR count). The standard InChI is InChI=1S/C14H20ClFN2/c1-10(2)5-13-9-18(4-3-17-13)14-7-11(15)6-12(16)8-14/h6-8,10,13,17H,3-5,9H2,1-2H3. The van der Waals surface area contributed by atoms with E-state index in [0.717, 1.165) is 31.7 Å². The Morgan fingerprint density at radius 3 is 2.89 bits per heavy atom. The van der Waals surface area contributed by atoms with Crippen LogP contribution in [0.5, 0.6) is 0 Å². The Bertz CT molecular complexity index is 389. The first-order valence-electron chi connectivity index (χ1n) is 6.49. The number of hydrogen-bond acceptors (Lipinski definition) is 2. The van der Waals surface area contributed by atoms with E-state index in [1.165, 1.54) is 6.07 Å². The van der Waals surface area contributed by atoms with Gasteiger partial charge in [-0.2, -0.15) is 0 Å². The fraction of sp³-hybridized carbons (Fsp3) is 0.571. The van der Waals surface area contributed by atoms with Crippen LogP contribution in [0, 0.1) is 11.7 Å². The smallest absolute Gasteiger partial charge is 0.126 e. The van der Waals surface area contributed by atoms with Crippen LogP contribution in [-0.4, -0.2) is 25.7 Å². The van der Waals surface area contributed by atoms with Crippen molar-refractivity contribution in [3.8, 4) is 0 Å². The van der Waals surface area contributed by atoms with Crippen LogP contribution in [-0.2, 0) is 0 Å². The predicted molar refractivity (Wildman–Crippen MR) is 74.9 cm³/mol. The zero-order valence-corrected chi connectivity index (χ0v) is 11.7. The molecule has 4 heteroatoms. The second-order valence-corrected chi connectivity index (χ2v) is 5.79. The van der Waals surface area contributed by atoms with Gasteiger partial charge in [-0.25, -0.2) is 4.39 Å². The molecule has 1 aliphatic rings. The van der Waals surface area contributed by atoms with E-state index in [1.54, 1.807) is 6.07 Å². The third-order valence-corrected chi connectivity index (χ3v) is 3.44. The van der Waals surface area contributed by atoms with Crippen LogP contribution in [0.1, 0.15) is 20.3 Å². The summed E-state index contributed by atoms with van der Waals surface area (Å²) < 4.78 is 13.4. The van der Waals surface area contributed by atoms with Crippen LogP contribution in [0.2, 0.25) is 5.02 Å². The molecule has 1 unspecified atom stereocenters. The summed E-state index contributed by atoms with van der Waals surface area (Å²) in [4.78, 5) is 2.21. The highest BCUT2D eigenvalue weighted by molar-refractivity contribution is 6.30. The van der Waals surface area contributed by atoms with Crippen molar-refractivity contribution in [2.75, 3.05) is 24.5 Å². The fourth-order valence-electron chi connectivity index (χ4n) is 2.51. The van der Waals surface area contributed by atoms with Gasteiger partial charge in [0, 0.05) is 36.4 Å². The summed E-state index contributed by atoms with van der Waals surface area (Å²) in [5.41, 5.74) is 0.884. The predicted octanol–water partition coefficient (Wildman–Crippen LogP) is 3.30. The van der Waals surface area contributed by atoms with Gasteiger partial charge >= 0.3 is 0 Å². The molecule has 1 aliphatic heterocycles. The molecule has 0 amide bonds. The highest BCUT2D eigenvalue weighted by Crippen LogP contribution is 2.23. The highest BCUT2D eigenvalue weighted by Gasteiger charge is 2.20. The van der Waals surface area contributed by atoms with Gasteiger partial charge < -0.3 is 10.2 Å².